The van der Waals surface area contributed by atoms with E-state index in [-0.39, 0.29) is 5.69 Å². The van der Waals surface area contributed by atoms with Crippen LogP contribution in [0.3, 0.4) is 0 Å². The van der Waals surface area contributed by atoms with Crippen LogP contribution >= 0.6 is 11.6 Å². The van der Waals surface area contributed by atoms with Crippen molar-refractivity contribution in [1.82, 2.24) is 0 Å². The summed E-state index contributed by atoms with van der Waals surface area (Å²) in [6.45, 7) is 1.93. The number of aryl methyl sites for hydroxylation is 1. The van der Waals surface area contributed by atoms with Gasteiger partial charge in [-0.2, -0.15) is 0 Å². The lowest BCUT2D eigenvalue weighted by molar-refractivity contribution is 0.630. The van der Waals surface area contributed by atoms with Gasteiger partial charge in [-0.1, -0.05) is 18.5 Å². The second-order valence-electron chi connectivity index (χ2n) is 2.33. The zero-order valence-corrected chi connectivity index (χ0v) is 6.95. The van der Waals surface area contributed by atoms with Crippen molar-refractivity contribution >= 4 is 17.3 Å². The Balaban J connectivity index is 3.21. The molecule has 3 heteroatoms. The Morgan fingerprint density at radius 2 is 2.18 bits per heavy atom. The van der Waals surface area contributed by atoms with Crippen LogP contribution in [0.15, 0.2) is 12.1 Å². The number of hydrogen-bond donors (Lipinski definition) is 1. The highest BCUT2D eigenvalue weighted by atomic mass is 35.5. The zero-order chi connectivity index (χ0) is 8.43. The summed E-state index contributed by atoms with van der Waals surface area (Å²) in [5.74, 6) is -0.436. The summed E-state index contributed by atoms with van der Waals surface area (Å²) >= 11 is 5.63. The molecule has 0 aliphatic heterocycles. The smallest absolute Gasteiger partial charge is 0.147 e. The largest absolute Gasteiger partial charge is 0.395 e. The molecule has 0 fully saturated rings. The quantitative estimate of drug-likeness (QED) is 0.650. The van der Waals surface area contributed by atoms with Gasteiger partial charge in [0.05, 0.1) is 10.7 Å². The molecule has 0 saturated carbocycles. The third kappa shape index (κ3) is 1.63. The number of nitrogens with two attached hydrogens (primary N) is 1. The van der Waals surface area contributed by atoms with E-state index in [1.165, 1.54) is 6.07 Å². The Morgan fingerprint density at radius 1 is 1.55 bits per heavy atom. The molecule has 0 saturated heterocycles. The van der Waals surface area contributed by atoms with Crippen LogP contribution in [-0.2, 0) is 6.42 Å². The Labute approximate surface area is 70.0 Å². The second-order valence-corrected chi connectivity index (χ2v) is 2.73. The summed E-state index contributed by atoms with van der Waals surface area (Å²) in [7, 11) is 0. The average Bonchev–Trinajstić information content (AvgIpc) is 1.99. The van der Waals surface area contributed by atoms with Crippen molar-refractivity contribution < 1.29 is 4.39 Å². The summed E-state index contributed by atoms with van der Waals surface area (Å²) in [6, 6.07) is 3.08. The van der Waals surface area contributed by atoms with Crippen molar-refractivity contribution in [2.24, 2.45) is 0 Å². The highest BCUT2D eigenvalue weighted by Crippen LogP contribution is 2.23. The van der Waals surface area contributed by atoms with Crippen LogP contribution < -0.4 is 5.73 Å². The van der Waals surface area contributed by atoms with Gasteiger partial charge in [-0.15, -0.1) is 0 Å². The highest BCUT2D eigenvalue weighted by Gasteiger charge is 2.04. The minimum atomic E-state index is -0.436. The highest BCUT2D eigenvalue weighted by molar-refractivity contribution is 6.33. The molecule has 0 aliphatic rings. The lowest BCUT2D eigenvalue weighted by atomic mass is 10.1. The monoisotopic (exact) mass is 173 g/mol. The van der Waals surface area contributed by atoms with Crippen LogP contribution in [-0.4, -0.2) is 0 Å². The van der Waals surface area contributed by atoms with Gasteiger partial charge >= 0.3 is 0 Å². The van der Waals surface area contributed by atoms with Gasteiger partial charge in [0.25, 0.3) is 0 Å². The van der Waals surface area contributed by atoms with Crippen molar-refractivity contribution in [2.45, 2.75) is 13.3 Å². The molecule has 60 valence electrons. The molecule has 0 radical (unpaired) electrons. The second kappa shape index (κ2) is 3.09. The van der Waals surface area contributed by atoms with E-state index in [1.54, 1.807) is 6.07 Å². The topological polar surface area (TPSA) is 26.0 Å². The number of halogens is 2. The lowest BCUT2D eigenvalue weighted by Gasteiger charge is -2.02. The summed E-state index contributed by atoms with van der Waals surface area (Å²) in [6.07, 6.45) is 0.761. The number of rotatable bonds is 1. The van der Waals surface area contributed by atoms with Crippen LogP contribution in [0.5, 0.6) is 0 Å². The molecule has 2 N–H and O–H groups in total. The third-order valence-corrected chi connectivity index (χ3v) is 1.86. The SMILES string of the molecule is CCc1cc(F)c(N)c(Cl)c1. The van der Waals surface area contributed by atoms with Gasteiger partial charge in [0.1, 0.15) is 5.82 Å². The number of anilines is 1. The first-order valence-corrected chi connectivity index (χ1v) is 3.76. The Kier molecular flexibility index (Phi) is 2.35. The molecule has 0 spiro atoms. The lowest BCUT2D eigenvalue weighted by Crippen LogP contribution is -1.93. The van der Waals surface area contributed by atoms with Gasteiger partial charge < -0.3 is 5.73 Å². The first-order valence-electron chi connectivity index (χ1n) is 3.38. The molecule has 1 rings (SSSR count). The fraction of sp³-hybridized carbons (Fsp3) is 0.250. The Hall–Kier alpha value is -0.760. The van der Waals surface area contributed by atoms with Crippen LogP contribution in [0, 0.1) is 5.82 Å². The van der Waals surface area contributed by atoms with Crippen LogP contribution in [0.2, 0.25) is 5.02 Å². The molecule has 0 bridgehead atoms. The molecule has 0 heterocycles. The van der Waals surface area contributed by atoms with Crippen LogP contribution in [0.1, 0.15) is 12.5 Å². The molecule has 0 atom stereocenters. The molecular weight excluding hydrogens is 165 g/mol. The molecule has 0 unspecified atom stereocenters. The predicted molar refractivity (Wildman–Crippen MR) is 45.2 cm³/mol. The third-order valence-electron chi connectivity index (χ3n) is 1.55. The van der Waals surface area contributed by atoms with Gasteiger partial charge in [-0.25, -0.2) is 4.39 Å². The summed E-state index contributed by atoms with van der Waals surface area (Å²) in [5.41, 5.74) is 6.19. The van der Waals surface area contributed by atoms with E-state index in [0.717, 1.165) is 12.0 Å². The van der Waals surface area contributed by atoms with E-state index < -0.39 is 5.82 Å². The molecule has 1 aromatic rings. The number of nitrogen functional groups attached to an aromatic ring is 1. The van der Waals surface area contributed by atoms with E-state index in [4.69, 9.17) is 17.3 Å². The van der Waals surface area contributed by atoms with E-state index in [2.05, 4.69) is 0 Å². The number of hydrogen-bond acceptors (Lipinski definition) is 1. The first-order chi connectivity index (χ1) is 5.15. The zero-order valence-electron chi connectivity index (χ0n) is 6.20. The van der Waals surface area contributed by atoms with Crippen LogP contribution in [0.4, 0.5) is 10.1 Å². The molecular formula is C8H9ClFN. The maximum atomic E-state index is 12.8. The van der Waals surface area contributed by atoms with Crippen molar-refractivity contribution in [2.75, 3.05) is 5.73 Å². The molecule has 0 aromatic heterocycles. The summed E-state index contributed by atoms with van der Waals surface area (Å²) in [4.78, 5) is 0. The predicted octanol–water partition coefficient (Wildman–Crippen LogP) is 2.62. The van der Waals surface area contributed by atoms with E-state index in [1.807, 2.05) is 6.92 Å². The minimum Gasteiger partial charge on any atom is -0.395 e. The Bertz CT molecular complexity index is 250. The first kappa shape index (κ1) is 8.34. The molecule has 11 heavy (non-hydrogen) atoms. The van der Waals surface area contributed by atoms with Gasteiger partial charge in [0.2, 0.25) is 0 Å². The summed E-state index contributed by atoms with van der Waals surface area (Å²) in [5, 5.41) is 0.293. The van der Waals surface area contributed by atoms with Gasteiger partial charge in [0, 0.05) is 0 Å². The van der Waals surface area contributed by atoms with Gasteiger partial charge in [-0.05, 0) is 24.1 Å². The average molecular weight is 174 g/mol. The fourth-order valence-electron chi connectivity index (χ4n) is 0.841. The fourth-order valence-corrected chi connectivity index (χ4v) is 1.07. The van der Waals surface area contributed by atoms with Gasteiger partial charge in [-0.3, -0.25) is 0 Å². The van der Waals surface area contributed by atoms with Gasteiger partial charge in [0.15, 0.2) is 0 Å². The molecule has 0 aliphatic carbocycles. The Morgan fingerprint density at radius 3 is 2.64 bits per heavy atom. The van der Waals surface area contributed by atoms with Crippen molar-refractivity contribution in [1.29, 1.82) is 0 Å². The van der Waals surface area contributed by atoms with E-state index in [0.29, 0.717) is 5.02 Å². The molecule has 0 amide bonds. The maximum Gasteiger partial charge on any atom is 0.147 e. The standard InChI is InChI=1S/C8H9ClFN/c1-2-5-3-6(9)8(11)7(10)4-5/h3-4H,2,11H2,1H3. The van der Waals surface area contributed by atoms with Crippen LogP contribution in [0.25, 0.3) is 0 Å². The normalized spacial score (nSPS) is 10.1. The van der Waals surface area contributed by atoms with E-state index >= 15 is 0 Å². The summed E-state index contributed by atoms with van der Waals surface area (Å²) < 4.78 is 12.8. The maximum absolute atomic E-state index is 12.8. The van der Waals surface area contributed by atoms with E-state index in [9.17, 15) is 4.39 Å². The van der Waals surface area contributed by atoms with Crippen molar-refractivity contribution in [3.63, 3.8) is 0 Å². The number of benzene rings is 1. The van der Waals surface area contributed by atoms with Crippen molar-refractivity contribution in [3.8, 4) is 0 Å². The molecule has 1 aromatic carbocycles. The van der Waals surface area contributed by atoms with Crippen molar-refractivity contribution in [3.05, 3.63) is 28.5 Å². The molecule has 1 nitrogen and oxygen atoms in total. The minimum absolute atomic E-state index is 0.0314.